The van der Waals surface area contributed by atoms with E-state index in [9.17, 15) is 12.8 Å². The minimum atomic E-state index is -3.47. The molecule has 1 unspecified atom stereocenters. The minimum Gasteiger partial charge on any atom is -0.396 e. The van der Waals surface area contributed by atoms with Gasteiger partial charge in [0.1, 0.15) is 5.82 Å². The van der Waals surface area contributed by atoms with Crippen LogP contribution in [0.15, 0.2) is 29.2 Å². The van der Waals surface area contributed by atoms with Crippen molar-refractivity contribution in [3.63, 3.8) is 0 Å². The number of nitrogens with one attached hydrogen (secondary N) is 1. The van der Waals surface area contributed by atoms with Crippen molar-refractivity contribution in [2.75, 3.05) is 18.9 Å². The zero-order chi connectivity index (χ0) is 14.3. The third kappa shape index (κ3) is 5.26. The number of sulfone groups is 1. The molecule has 0 fully saturated rings. The van der Waals surface area contributed by atoms with Crippen LogP contribution in [-0.2, 0) is 9.84 Å². The largest absolute Gasteiger partial charge is 0.396 e. The Hall–Kier alpha value is -0.980. The summed E-state index contributed by atoms with van der Waals surface area (Å²) in [5.41, 5.74) is 0. The molecule has 1 rings (SSSR count). The monoisotopic (exact) mass is 289 g/mol. The van der Waals surface area contributed by atoms with E-state index in [4.69, 9.17) is 5.11 Å². The summed E-state index contributed by atoms with van der Waals surface area (Å²) >= 11 is 0. The van der Waals surface area contributed by atoms with Crippen LogP contribution in [-0.4, -0.2) is 38.5 Å². The minimum absolute atomic E-state index is 0.0691. The molecule has 0 spiro atoms. The molecule has 0 heterocycles. The maximum absolute atomic E-state index is 12.8. The number of rotatable bonds is 8. The van der Waals surface area contributed by atoms with Crippen LogP contribution in [0.5, 0.6) is 0 Å². The molecule has 4 nitrogen and oxygen atoms in total. The predicted molar refractivity (Wildman–Crippen MR) is 72.2 cm³/mol. The van der Waals surface area contributed by atoms with Crippen LogP contribution in [0.3, 0.4) is 0 Å². The van der Waals surface area contributed by atoms with Crippen LogP contribution in [0.25, 0.3) is 0 Å². The number of hydrogen-bond acceptors (Lipinski definition) is 4. The Bertz CT molecular complexity index is 473. The van der Waals surface area contributed by atoms with Crippen molar-refractivity contribution in [1.29, 1.82) is 0 Å². The van der Waals surface area contributed by atoms with Gasteiger partial charge in [0.25, 0.3) is 0 Å². The second-order valence-corrected chi connectivity index (χ2v) is 6.43. The SMILES string of the molecule is CCCNC(CCO)CS(=O)(=O)c1ccc(F)cc1. The van der Waals surface area contributed by atoms with Crippen molar-refractivity contribution in [2.45, 2.75) is 30.7 Å². The Morgan fingerprint density at radius 2 is 1.95 bits per heavy atom. The van der Waals surface area contributed by atoms with Gasteiger partial charge in [-0.2, -0.15) is 0 Å². The highest BCUT2D eigenvalue weighted by Crippen LogP contribution is 2.13. The molecule has 0 aliphatic heterocycles. The van der Waals surface area contributed by atoms with Crippen LogP contribution in [0.4, 0.5) is 4.39 Å². The Balaban J connectivity index is 2.78. The van der Waals surface area contributed by atoms with Gasteiger partial charge in [0.05, 0.1) is 10.6 Å². The molecule has 0 radical (unpaired) electrons. The maximum Gasteiger partial charge on any atom is 0.179 e. The van der Waals surface area contributed by atoms with Crippen molar-refractivity contribution in [3.05, 3.63) is 30.1 Å². The van der Waals surface area contributed by atoms with Gasteiger partial charge in [0.2, 0.25) is 0 Å². The quantitative estimate of drug-likeness (QED) is 0.709. The third-order valence-corrected chi connectivity index (χ3v) is 4.59. The van der Waals surface area contributed by atoms with Gasteiger partial charge in [-0.1, -0.05) is 6.92 Å². The Morgan fingerprint density at radius 3 is 2.47 bits per heavy atom. The van der Waals surface area contributed by atoms with E-state index in [2.05, 4.69) is 5.32 Å². The van der Waals surface area contributed by atoms with E-state index in [-0.39, 0.29) is 23.3 Å². The number of aliphatic hydroxyl groups excluding tert-OH is 1. The average molecular weight is 289 g/mol. The van der Waals surface area contributed by atoms with Gasteiger partial charge in [0.15, 0.2) is 9.84 Å². The van der Waals surface area contributed by atoms with Gasteiger partial charge in [-0.05, 0) is 43.7 Å². The first-order valence-electron chi connectivity index (χ1n) is 6.32. The third-order valence-electron chi connectivity index (χ3n) is 2.75. The van der Waals surface area contributed by atoms with Gasteiger partial charge in [-0.25, -0.2) is 12.8 Å². The Kier molecular flexibility index (Phi) is 6.41. The van der Waals surface area contributed by atoms with Crippen LogP contribution in [0.2, 0.25) is 0 Å². The average Bonchev–Trinajstić information content (AvgIpc) is 2.36. The normalized spacial score (nSPS) is 13.4. The summed E-state index contributed by atoms with van der Waals surface area (Å²) in [5, 5.41) is 12.0. The smallest absolute Gasteiger partial charge is 0.179 e. The predicted octanol–water partition coefficient (Wildman–Crippen LogP) is 1.35. The number of benzene rings is 1. The lowest BCUT2D eigenvalue weighted by Crippen LogP contribution is -2.37. The zero-order valence-corrected chi connectivity index (χ0v) is 11.8. The van der Waals surface area contributed by atoms with Crippen molar-refractivity contribution in [2.24, 2.45) is 0 Å². The van der Waals surface area contributed by atoms with Gasteiger partial charge in [-0.15, -0.1) is 0 Å². The van der Waals surface area contributed by atoms with Crippen LogP contribution in [0.1, 0.15) is 19.8 Å². The van der Waals surface area contributed by atoms with Crippen LogP contribution >= 0.6 is 0 Å². The summed E-state index contributed by atoms with van der Waals surface area (Å²) in [6.07, 6.45) is 1.26. The molecular weight excluding hydrogens is 269 g/mol. The van der Waals surface area contributed by atoms with E-state index in [1.54, 1.807) is 0 Å². The molecule has 2 N–H and O–H groups in total. The van der Waals surface area contributed by atoms with E-state index in [1.807, 2.05) is 6.92 Å². The van der Waals surface area contributed by atoms with Crippen LogP contribution in [0, 0.1) is 5.82 Å². The summed E-state index contributed by atoms with van der Waals surface area (Å²) in [6, 6.07) is 4.50. The van der Waals surface area contributed by atoms with Gasteiger partial charge in [-0.3, -0.25) is 0 Å². The molecule has 0 amide bonds. The molecule has 1 aromatic rings. The number of aliphatic hydroxyl groups is 1. The summed E-state index contributed by atoms with van der Waals surface area (Å²) in [6.45, 7) is 2.61. The first-order valence-corrected chi connectivity index (χ1v) is 7.97. The summed E-state index contributed by atoms with van der Waals surface area (Å²) in [4.78, 5) is 0.107. The standard InChI is InChI=1S/C13H20FNO3S/c1-2-8-15-12(7-9-16)10-19(17,18)13-5-3-11(14)4-6-13/h3-6,12,15-16H,2,7-10H2,1H3. The lowest BCUT2D eigenvalue weighted by molar-refractivity contribution is 0.269. The first-order chi connectivity index (χ1) is 8.99. The summed E-state index contributed by atoms with van der Waals surface area (Å²) in [5.74, 6) is -0.561. The fourth-order valence-electron chi connectivity index (χ4n) is 1.75. The molecule has 0 aliphatic carbocycles. The van der Waals surface area contributed by atoms with Gasteiger partial charge in [0, 0.05) is 12.6 Å². The molecular formula is C13H20FNO3S. The molecule has 6 heteroatoms. The molecule has 0 aromatic heterocycles. The Labute approximate surface area is 113 Å². The summed E-state index contributed by atoms with van der Waals surface area (Å²) in [7, 11) is -3.47. The molecule has 19 heavy (non-hydrogen) atoms. The summed E-state index contributed by atoms with van der Waals surface area (Å²) < 4.78 is 37.1. The van der Waals surface area contributed by atoms with Gasteiger partial charge < -0.3 is 10.4 Å². The molecule has 0 bridgehead atoms. The van der Waals surface area contributed by atoms with Gasteiger partial charge >= 0.3 is 0 Å². The molecule has 108 valence electrons. The van der Waals surface area contributed by atoms with Crippen molar-refractivity contribution < 1.29 is 17.9 Å². The molecule has 0 aliphatic rings. The number of halogens is 1. The molecule has 1 aromatic carbocycles. The Morgan fingerprint density at radius 1 is 1.32 bits per heavy atom. The van der Waals surface area contributed by atoms with E-state index in [1.165, 1.54) is 12.1 Å². The highest BCUT2D eigenvalue weighted by atomic mass is 32.2. The topological polar surface area (TPSA) is 66.4 Å². The first kappa shape index (κ1) is 16.1. The van der Waals surface area contributed by atoms with Crippen molar-refractivity contribution in [3.8, 4) is 0 Å². The van der Waals surface area contributed by atoms with E-state index in [0.717, 1.165) is 18.6 Å². The second kappa shape index (κ2) is 7.57. The van der Waals surface area contributed by atoms with E-state index in [0.29, 0.717) is 13.0 Å². The van der Waals surface area contributed by atoms with Crippen molar-refractivity contribution >= 4 is 9.84 Å². The fourth-order valence-corrected chi connectivity index (χ4v) is 3.31. The highest BCUT2D eigenvalue weighted by molar-refractivity contribution is 7.91. The molecule has 0 saturated carbocycles. The maximum atomic E-state index is 12.8. The van der Waals surface area contributed by atoms with Crippen LogP contribution < -0.4 is 5.32 Å². The number of hydrogen-bond donors (Lipinski definition) is 2. The molecule has 0 saturated heterocycles. The van der Waals surface area contributed by atoms with Crippen molar-refractivity contribution in [1.82, 2.24) is 5.32 Å². The second-order valence-electron chi connectivity index (χ2n) is 4.40. The lowest BCUT2D eigenvalue weighted by Gasteiger charge is -2.17. The zero-order valence-electron chi connectivity index (χ0n) is 11.0. The van der Waals surface area contributed by atoms with E-state index >= 15 is 0 Å². The lowest BCUT2D eigenvalue weighted by atomic mass is 10.2. The fraction of sp³-hybridized carbons (Fsp3) is 0.538. The van der Waals surface area contributed by atoms with E-state index < -0.39 is 15.7 Å². The molecule has 1 atom stereocenters. The highest BCUT2D eigenvalue weighted by Gasteiger charge is 2.20.